The minimum Gasteiger partial charge on any atom is -0.369 e. The Labute approximate surface area is 85.9 Å². The molecule has 1 aliphatic carbocycles. The molecule has 14 heavy (non-hydrogen) atoms. The molecule has 0 aliphatic heterocycles. The third-order valence-electron chi connectivity index (χ3n) is 2.76. The van der Waals surface area contributed by atoms with Gasteiger partial charge in [0.25, 0.3) is 0 Å². The van der Waals surface area contributed by atoms with Crippen molar-refractivity contribution in [3.63, 3.8) is 0 Å². The molecule has 0 saturated heterocycles. The van der Waals surface area contributed by atoms with E-state index in [1.54, 1.807) is 0 Å². The Kier molecular flexibility index (Phi) is 3.14. The Bertz CT molecular complexity index is 297. The van der Waals surface area contributed by atoms with Gasteiger partial charge in [0.15, 0.2) is 0 Å². The predicted molar refractivity (Wildman–Crippen MR) is 58.7 cm³/mol. The topological polar surface area (TPSA) is 43.1 Å². The fraction of sp³-hybridized carbons (Fsp3) is 0.583. The van der Waals surface area contributed by atoms with Crippen LogP contribution in [0.25, 0.3) is 0 Å². The molecule has 0 fully saturated rings. The predicted octanol–water partition coefficient (Wildman–Crippen LogP) is 2.55. The van der Waals surface area contributed by atoms with Crippen molar-refractivity contribution in [1.82, 2.24) is 0 Å². The minimum atomic E-state index is -0.412. The summed E-state index contributed by atoms with van der Waals surface area (Å²) in [6.07, 6.45) is 7.23. The molecule has 0 atom stereocenters. The summed E-state index contributed by atoms with van der Waals surface area (Å²) in [4.78, 5) is 11.1. The van der Waals surface area contributed by atoms with Gasteiger partial charge in [0, 0.05) is 5.41 Å². The summed E-state index contributed by atoms with van der Waals surface area (Å²) in [6.45, 7) is 5.94. The van der Waals surface area contributed by atoms with Gasteiger partial charge in [-0.3, -0.25) is 4.79 Å². The van der Waals surface area contributed by atoms with Crippen molar-refractivity contribution in [2.24, 2.45) is 11.1 Å². The lowest BCUT2D eigenvalue weighted by Crippen LogP contribution is -2.31. The summed E-state index contributed by atoms with van der Waals surface area (Å²) in [5.41, 5.74) is 7.66. The number of primary amides is 1. The Balaban J connectivity index is 2.59. The monoisotopic (exact) mass is 193 g/mol. The van der Waals surface area contributed by atoms with Crippen LogP contribution < -0.4 is 5.73 Å². The summed E-state index contributed by atoms with van der Waals surface area (Å²) >= 11 is 0. The number of amides is 1. The normalized spacial score (nSPS) is 17.4. The molecule has 78 valence electrons. The summed E-state index contributed by atoms with van der Waals surface area (Å²) in [6, 6.07) is 0. The first-order valence-electron chi connectivity index (χ1n) is 5.05. The van der Waals surface area contributed by atoms with Gasteiger partial charge in [-0.05, 0) is 26.2 Å². The Morgan fingerprint density at radius 3 is 2.50 bits per heavy atom. The van der Waals surface area contributed by atoms with Crippen LogP contribution in [0.1, 0.15) is 40.0 Å². The molecule has 2 N–H and O–H groups in total. The van der Waals surface area contributed by atoms with Crippen molar-refractivity contribution in [3.05, 3.63) is 23.3 Å². The quantitative estimate of drug-likeness (QED) is 0.688. The molecule has 0 aromatic heterocycles. The molecule has 0 aromatic carbocycles. The molecule has 0 radical (unpaired) electrons. The van der Waals surface area contributed by atoms with Gasteiger partial charge in [-0.25, -0.2) is 0 Å². The van der Waals surface area contributed by atoms with Crippen molar-refractivity contribution in [2.75, 3.05) is 0 Å². The Hall–Kier alpha value is -1.05. The number of rotatable bonds is 3. The average Bonchev–Trinajstić information content (AvgIpc) is 2.08. The van der Waals surface area contributed by atoms with E-state index in [4.69, 9.17) is 5.73 Å². The molecule has 0 unspecified atom stereocenters. The maximum absolute atomic E-state index is 11.1. The zero-order chi connectivity index (χ0) is 10.8. The van der Waals surface area contributed by atoms with Crippen LogP contribution in [0, 0.1) is 5.41 Å². The molecule has 1 rings (SSSR count). The van der Waals surface area contributed by atoms with Crippen LogP contribution in [0.2, 0.25) is 0 Å². The van der Waals surface area contributed by atoms with Crippen molar-refractivity contribution >= 4 is 5.91 Å². The Morgan fingerprint density at radius 1 is 1.43 bits per heavy atom. The van der Waals surface area contributed by atoms with Gasteiger partial charge in [-0.15, -0.1) is 0 Å². The van der Waals surface area contributed by atoms with Crippen molar-refractivity contribution < 1.29 is 4.79 Å². The van der Waals surface area contributed by atoms with Crippen LogP contribution in [0.3, 0.4) is 0 Å². The molecular weight excluding hydrogens is 174 g/mol. The number of nitrogens with two attached hydrogens (primary N) is 1. The van der Waals surface area contributed by atoms with E-state index in [2.05, 4.69) is 19.1 Å². The minimum absolute atomic E-state index is 0.218. The van der Waals surface area contributed by atoms with E-state index in [1.165, 1.54) is 11.1 Å². The van der Waals surface area contributed by atoms with Crippen LogP contribution in [-0.2, 0) is 4.79 Å². The van der Waals surface area contributed by atoms with E-state index in [-0.39, 0.29) is 5.91 Å². The van der Waals surface area contributed by atoms with Gasteiger partial charge >= 0.3 is 0 Å². The molecule has 1 aliphatic rings. The van der Waals surface area contributed by atoms with E-state index in [9.17, 15) is 4.79 Å². The molecule has 0 aromatic rings. The van der Waals surface area contributed by atoms with Crippen molar-refractivity contribution in [2.45, 2.75) is 40.0 Å². The summed E-state index contributed by atoms with van der Waals surface area (Å²) in [7, 11) is 0. The molecule has 0 spiro atoms. The van der Waals surface area contributed by atoms with Crippen LogP contribution >= 0.6 is 0 Å². The lowest BCUT2D eigenvalue weighted by molar-refractivity contribution is -0.125. The van der Waals surface area contributed by atoms with Gasteiger partial charge in [-0.2, -0.15) is 0 Å². The highest BCUT2D eigenvalue weighted by Crippen LogP contribution is 2.29. The van der Waals surface area contributed by atoms with Gasteiger partial charge in [-0.1, -0.05) is 37.1 Å². The van der Waals surface area contributed by atoms with E-state index in [1.807, 2.05) is 13.8 Å². The van der Waals surface area contributed by atoms with Crippen molar-refractivity contribution in [1.29, 1.82) is 0 Å². The highest BCUT2D eigenvalue weighted by atomic mass is 16.1. The second-order valence-electron chi connectivity index (χ2n) is 4.75. The number of hydrogen-bond acceptors (Lipinski definition) is 1. The first-order chi connectivity index (χ1) is 6.42. The van der Waals surface area contributed by atoms with Gasteiger partial charge < -0.3 is 5.73 Å². The van der Waals surface area contributed by atoms with Crippen LogP contribution in [0.15, 0.2) is 23.3 Å². The number of carbonyl (C=O) groups excluding carboxylic acids is 1. The second-order valence-corrected chi connectivity index (χ2v) is 4.75. The SMILES string of the molecule is CC1=CCC(CC(C)(C)C(N)=O)=CC1. The fourth-order valence-corrected chi connectivity index (χ4v) is 1.58. The van der Waals surface area contributed by atoms with Crippen LogP contribution in [0.5, 0.6) is 0 Å². The van der Waals surface area contributed by atoms with Crippen molar-refractivity contribution in [3.8, 4) is 0 Å². The van der Waals surface area contributed by atoms with Gasteiger partial charge in [0.2, 0.25) is 5.91 Å². The van der Waals surface area contributed by atoms with Gasteiger partial charge in [0.1, 0.15) is 0 Å². The highest BCUT2D eigenvalue weighted by Gasteiger charge is 2.26. The number of hydrogen-bond donors (Lipinski definition) is 1. The van der Waals surface area contributed by atoms with E-state index >= 15 is 0 Å². The molecule has 2 heteroatoms. The largest absolute Gasteiger partial charge is 0.369 e. The zero-order valence-corrected chi connectivity index (χ0v) is 9.26. The molecule has 2 nitrogen and oxygen atoms in total. The number of allylic oxidation sites excluding steroid dienone is 4. The zero-order valence-electron chi connectivity index (χ0n) is 9.26. The maximum Gasteiger partial charge on any atom is 0.223 e. The average molecular weight is 193 g/mol. The third kappa shape index (κ3) is 2.72. The second kappa shape index (κ2) is 3.99. The summed E-state index contributed by atoms with van der Waals surface area (Å²) in [5, 5.41) is 0. The lowest BCUT2D eigenvalue weighted by atomic mass is 9.82. The Morgan fingerprint density at radius 2 is 2.07 bits per heavy atom. The fourth-order valence-electron chi connectivity index (χ4n) is 1.58. The van der Waals surface area contributed by atoms with E-state index in [0.717, 1.165) is 19.3 Å². The molecule has 1 amide bonds. The van der Waals surface area contributed by atoms with Crippen LogP contribution in [0.4, 0.5) is 0 Å². The molecule has 0 bridgehead atoms. The maximum atomic E-state index is 11.1. The molecular formula is C12H19NO. The number of carbonyl (C=O) groups is 1. The standard InChI is InChI=1S/C12H19NO/c1-9-4-6-10(7-5-9)8-12(2,3)11(13)14/h4,7H,5-6,8H2,1-3H3,(H2,13,14). The highest BCUT2D eigenvalue weighted by molar-refractivity contribution is 5.80. The summed E-state index contributed by atoms with van der Waals surface area (Å²) < 4.78 is 0. The van der Waals surface area contributed by atoms with E-state index in [0.29, 0.717) is 0 Å². The smallest absolute Gasteiger partial charge is 0.223 e. The lowest BCUT2D eigenvalue weighted by Gasteiger charge is -2.23. The molecule has 0 saturated carbocycles. The van der Waals surface area contributed by atoms with Crippen LogP contribution in [-0.4, -0.2) is 5.91 Å². The summed E-state index contributed by atoms with van der Waals surface area (Å²) in [5.74, 6) is -0.218. The van der Waals surface area contributed by atoms with E-state index < -0.39 is 5.41 Å². The first-order valence-corrected chi connectivity index (χ1v) is 5.05. The first kappa shape index (κ1) is 11.0. The molecule has 0 heterocycles. The third-order valence-corrected chi connectivity index (χ3v) is 2.76. The van der Waals surface area contributed by atoms with Gasteiger partial charge in [0.05, 0.1) is 0 Å².